The van der Waals surface area contributed by atoms with Crippen LogP contribution in [0.15, 0.2) is 41.3 Å². The van der Waals surface area contributed by atoms with Gasteiger partial charge in [-0.2, -0.15) is 4.31 Å². The normalized spacial score (nSPS) is 17.2. The first-order valence-electron chi connectivity index (χ1n) is 9.84. The zero-order valence-corrected chi connectivity index (χ0v) is 18.4. The Morgan fingerprint density at radius 3 is 2.68 bits per heavy atom. The summed E-state index contributed by atoms with van der Waals surface area (Å²) in [7, 11) is -2.44. The molecule has 0 aromatic heterocycles. The molecule has 1 saturated heterocycles. The highest BCUT2D eigenvalue weighted by molar-refractivity contribution is 7.89. The van der Waals surface area contributed by atoms with Crippen molar-refractivity contribution in [3.63, 3.8) is 0 Å². The molecule has 166 valence electrons. The van der Waals surface area contributed by atoms with Crippen molar-refractivity contribution in [2.75, 3.05) is 25.5 Å². The molecule has 1 aliphatic heterocycles. The average molecular weight is 448 g/mol. The first kappa shape index (κ1) is 22.7. The lowest BCUT2D eigenvalue weighted by atomic mass is 9.98. The first-order valence-corrected chi connectivity index (χ1v) is 11.3. The summed E-state index contributed by atoms with van der Waals surface area (Å²) in [5.41, 5.74) is 1.40. The number of nitro benzene ring substituents is 1. The van der Waals surface area contributed by atoms with Gasteiger partial charge in [-0.25, -0.2) is 8.42 Å². The molecule has 0 saturated carbocycles. The maximum Gasteiger partial charge on any atom is 0.274 e. The number of nitrogens with zero attached hydrogens (tertiary/aromatic N) is 2. The summed E-state index contributed by atoms with van der Waals surface area (Å²) in [4.78, 5) is 23.6. The van der Waals surface area contributed by atoms with Gasteiger partial charge in [0.2, 0.25) is 15.9 Å². The number of amides is 1. The Balaban J connectivity index is 1.81. The fraction of sp³-hybridized carbons (Fsp3) is 0.381. The van der Waals surface area contributed by atoms with Gasteiger partial charge in [-0.15, -0.1) is 0 Å². The quantitative estimate of drug-likeness (QED) is 0.536. The van der Waals surface area contributed by atoms with Gasteiger partial charge in [0, 0.05) is 19.2 Å². The summed E-state index contributed by atoms with van der Waals surface area (Å²) in [6, 6.07) is 9.41. The van der Waals surface area contributed by atoms with Gasteiger partial charge in [-0.1, -0.05) is 12.1 Å². The fourth-order valence-electron chi connectivity index (χ4n) is 3.69. The molecule has 10 heteroatoms. The van der Waals surface area contributed by atoms with E-state index in [4.69, 9.17) is 4.74 Å². The van der Waals surface area contributed by atoms with E-state index in [1.807, 2.05) is 0 Å². The van der Waals surface area contributed by atoms with E-state index in [1.54, 1.807) is 38.1 Å². The van der Waals surface area contributed by atoms with Gasteiger partial charge in [0.1, 0.15) is 10.6 Å². The molecule has 0 radical (unpaired) electrons. The van der Waals surface area contributed by atoms with Crippen LogP contribution in [0.3, 0.4) is 0 Å². The number of nitrogens with one attached hydrogen (secondary N) is 1. The second kappa shape index (κ2) is 9.03. The van der Waals surface area contributed by atoms with Gasteiger partial charge in [0.05, 0.1) is 29.2 Å². The Morgan fingerprint density at radius 1 is 1.26 bits per heavy atom. The van der Waals surface area contributed by atoms with Gasteiger partial charge in [0.25, 0.3) is 5.69 Å². The van der Waals surface area contributed by atoms with Crippen LogP contribution >= 0.6 is 0 Å². The smallest absolute Gasteiger partial charge is 0.274 e. The maximum atomic E-state index is 13.3. The predicted molar refractivity (Wildman–Crippen MR) is 116 cm³/mol. The number of methoxy groups -OCH3 is 1. The molecule has 1 aliphatic rings. The molecular weight excluding hydrogens is 422 g/mol. The number of anilines is 1. The topological polar surface area (TPSA) is 119 Å². The summed E-state index contributed by atoms with van der Waals surface area (Å²) >= 11 is 0. The molecule has 0 bridgehead atoms. The molecule has 1 N–H and O–H groups in total. The second-order valence-electron chi connectivity index (χ2n) is 7.55. The number of sulfonamides is 1. The van der Waals surface area contributed by atoms with Crippen LogP contribution < -0.4 is 10.1 Å². The van der Waals surface area contributed by atoms with E-state index in [2.05, 4.69) is 5.32 Å². The Morgan fingerprint density at radius 2 is 2.00 bits per heavy atom. The first-order chi connectivity index (χ1) is 14.6. The second-order valence-corrected chi connectivity index (χ2v) is 9.46. The van der Waals surface area contributed by atoms with E-state index in [1.165, 1.54) is 23.5 Å². The number of rotatable bonds is 6. The van der Waals surface area contributed by atoms with E-state index in [0.29, 0.717) is 30.6 Å². The zero-order valence-electron chi connectivity index (χ0n) is 17.6. The third kappa shape index (κ3) is 4.70. The molecule has 9 nitrogen and oxygen atoms in total. The number of benzene rings is 2. The van der Waals surface area contributed by atoms with Crippen molar-refractivity contribution in [1.29, 1.82) is 0 Å². The van der Waals surface area contributed by atoms with Crippen molar-refractivity contribution in [2.45, 2.75) is 31.6 Å². The number of carbonyl (C=O) groups excluding carboxylic acids is 1. The lowest BCUT2D eigenvalue weighted by Gasteiger charge is -2.31. The van der Waals surface area contributed by atoms with E-state index in [-0.39, 0.29) is 28.8 Å². The lowest BCUT2D eigenvalue weighted by molar-refractivity contribution is -0.385. The molecule has 1 fully saturated rings. The van der Waals surface area contributed by atoms with Crippen molar-refractivity contribution >= 4 is 27.3 Å². The van der Waals surface area contributed by atoms with Crippen molar-refractivity contribution in [1.82, 2.24) is 4.31 Å². The Hall–Kier alpha value is -2.98. The SMILES string of the molecule is COc1ccc(C)cc1S(=O)(=O)N1CCC[C@H](C(=O)Nc2cccc([N+](=O)[O-])c2C)C1. The predicted octanol–water partition coefficient (Wildman–Crippen LogP) is 3.26. The number of hydrogen-bond acceptors (Lipinski definition) is 6. The summed E-state index contributed by atoms with van der Waals surface area (Å²) in [6.07, 6.45) is 1.05. The Labute approximate surface area is 181 Å². The molecule has 0 unspecified atom stereocenters. The van der Waals surface area contributed by atoms with Gasteiger partial charge in [-0.05, 0) is 50.5 Å². The molecule has 1 atom stereocenters. The lowest BCUT2D eigenvalue weighted by Crippen LogP contribution is -2.43. The standard InChI is InChI=1S/C21H25N3O6S/c1-14-9-10-19(30-3)20(12-14)31(28,29)23-11-5-6-16(13-23)21(25)22-17-7-4-8-18(15(17)2)24(26)27/h4,7-10,12,16H,5-6,11,13H2,1-3H3,(H,22,25)/t16-/m0/s1. The van der Waals surface area contributed by atoms with Crippen LogP contribution in [0.2, 0.25) is 0 Å². The van der Waals surface area contributed by atoms with E-state index in [0.717, 1.165) is 5.56 Å². The molecule has 1 amide bonds. The summed E-state index contributed by atoms with van der Waals surface area (Å²) in [5, 5.41) is 13.9. The van der Waals surface area contributed by atoms with Crippen LogP contribution in [0, 0.1) is 29.9 Å². The van der Waals surface area contributed by atoms with Gasteiger partial charge in [0.15, 0.2) is 0 Å². The van der Waals surface area contributed by atoms with Crippen molar-refractivity contribution < 1.29 is 22.9 Å². The number of carbonyl (C=O) groups is 1. The molecule has 31 heavy (non-hydrogen) atoms. The number of piperidine rings is 1. The molecule has 3 rings (SSSR count). The minimum absolute atomic E-state index is 0.0270. The monoisotopic (exact) mass is 447 g/mol. The molecule has 0 aliphatic carbocycles. The number of ether oxygens (including phenoxy) is 1. The van der Waals surface area contributed by atoms with Crippen molar-refractivity contribution in [2.24, 2.45) is 5.92 Å². The van der Waals surface area contributed by atoms with Gasteiger partial charge >= 0.3 is 0 Å². The summed E-state index contributed by atoms with van der Waals surface area (Å²) in [6.45, 7) is 3.69. The minimum Gasteiger partial charge on any atom is -0.495 e. The Bertz CT molecular complexity index is 1120. The number of hydrogen-bond donors (Lipinski definition) is 1. The van der Waals surface area contributed by atoms with Crippen LogP contribution in [-0.4, -0.2) is 43.8 Å². The van der Waals surface area contributed by atoms with Crippen LogP contribution in [-0.2, 0) is 14.8 Å². The fourth-order valence-corrected chi connectivity index (χ4v) is 5.46. The Kier molecular flexibility index (Phi) is 6.61. The maximum absolute atomic E-state index is 13.3. The molecule has 1 heterocycles. The molecule has 2 aromatic rings. The highest BCUT2D eigenvalue weighted by Gasteiger charge is 2.35. The number of nitro groups is 1. The van der Waals surface area contributed by atoms with E-state index < -0.39 is 20.9 Å². The van der Waals surface area contributed by atoms with Crippen LogP contribution in [0.4, 0.5) is 11.4 Å². The highest BCUT2D eigenvalue weighted by Crippen LogP contribution is 2.31. The van der Waals surface area contributed by atoms with Gasteiger partial charge < -0.3 is 10.1 Å². The van der Waals surface area contributed by atoms with Crippen molar-refractivity contribution in [3.05, 3.63) is 57.6 Å². The largest absolute Gasteiger partial charge is 0.495 e. The van der Waals surface area contributed by atoms with Crippen LogP contribution in [0.1, 0.15) is 24.0 Å². The highest BCUT2D eigenvalue weighted by atomic mass is 32.2. The van der Waals surface area contributed by atoms with E-state index in [9.17, 15) is 23.3 Å². The molecule has 2 aromatic carbocycles. The third-order valence-corrected chi connectivity index (χ3v) is 7.34. The van der Waals surface area contributed by atoms with E-state index >= 15 is 0 Å². The molecular formula is C21H25N3O6S. The minimum atomic E-state index is -3.85. The summed E-state index contributed by atoms with van der Waals surface area (Å²) < 4.78 is 33.1. The average Bonchev–Trinajstić information content (AvgIpc) is 2.75. The summed E-state index contributed by atoms with van der Waals surface area (Å²) in [5.74, 6) is -0.679. The van der Waals surface area contributed by atoms with Crippen molar-refractivity contribution in [3.8, 4) is 5.75 Å². The third-order valence-electron chi connectivity index (χ3n) is 5.45. The van der Waals surface area contributed by atoms with Crippen LogP contribution in [0.5, 0.6) is 5.75 Å². The zero-order chi connectivity index (χ0) is 22.8. The van der Waals surface area contributed by atoms with Crippen LogP contribution in [0.25, 0.3) is 0 Å². The van der Waals surface area contributed by atoms with Gasteiger partial charge in [-0.3, -0.25) is 14.9 Å². The molecule has 0 spiro atoms. The number of aryl methyl sites for hydroxylation is 1.